The van der Waals surface area contributed by atoms with Gasteiger partial charge in [0.15, 0.2) is 0 Å². The van der Waals surface area contributed by atoms with E-state index in [9.17, 15) is 0 Å². The highest BCUT2D eigenvalue weighted by Gasteiger charge is 2.21. The Kier molecular flexibility index (Phi) is 8.16. The number of hydrogen-bond donors (Lipinski definition) is 0. The summed E-state index contributed by atoms with van der Waals surface area (Å²) in [6.07, 6.45) is 7.32. The van der Waals surface area contributed by atoms with Crippen LogP contribution in [0.1, 0.15) is 22.3 Å². The molecule has 0 fully saturated rings. The third-order valence-corrected chi connectivity index (χ3v) is 9.49. The van der Waals surface area contributed by atoms with Gasteiger partial charge in [0.2, 0.25) is 0 Å². The molecule has 0 spiro atoms. The van der Waals surface area contributed by atoms with E-state index in [-0.39, 0.29) is 0 Å². The van der Waals surface area contributed by atoms with Gasteiger partial charge in [0.05, 0.1) is 22.8 Å². The second-order valence-corrected chi connectivity index (χ2v) is 12.8. The fourth-order valence-corrected chi connectivity index (χ4v) is 6.80. The van der Waals surface area contributed by atoms with Crippen LogP contribution in [0.2, 0.25) is 0 Å². The van der Waals surface area contributed by atoms with E-state index < -0.39 is 0 Å². The van der Waals surface area contributed by atoms with Crippen molar-refractivity contribution in [2.24, 2.45) is 9.98 Å². The molecule has 4 heteroatoms. The predicted molar refractivity (Wildman–Crippen MR) is 214 cm³/mol. The lowest BCUT2D eigenvalue weighted by Crippen LogP contribution is -2.11. The minimum absolute atomic E-state index is 0.800. The van der Waals surface area contributed by atoms with Gasteiger partial charge >= 0.3 is 0 Å². The summed E-state index contributed by atoms with van der Waals surface area (Å²) in [4.78, 5) is 19.8. The summed E-state index contributed by atoms with van der Waals surface area (Å²) in [6.45, 7) is 0. The van der Waals surface area contributed by atoms with Gasteiger partial charge in [-0.2, -0.15) is 0 Å². The van der Waals surface area contributed by atoms with Crippen LogP contribution >= 0.6 is 0 Å². The Labute approximate surface area is 303 Å². The number of rotatable bonds is 6. The van der Waals surface area contributed by atoms with Gasteiger partial charge in [0.25, 0.3) is 0 Å². The number of hydrogen-bond acceptors (Lipinski definition) is 4. The zero-order valence-corrected chi connectivity index (χ0v) is 28.3. The number of fused-ring (bicyclic) bond motifs is 2. The molecular weight excluding hydrogens is 633 g/mol. The van der Waals surface area contributed by atoms with Gasteiger partial charge in [-0.3, -0.25) is 9.97 Å². The highest BCUT2D eigenvalue weighted by atomic mass is 14.9. The Morgan fingerprint density at radius 2 is 0.596 bits per heavy atom. The molecule has 0 unspecified atom stereocenters. The minimum atomic E-state index is 0.800. The molecule has 244 valence electrons. The standard InChI is InChI=1S/C48H32N4/c1-3-9-33(10-4-1)35-17-21-37(22-18-35)39-13-7-15-41(29-39)47-43-31-49-27-25-45(43)52-48(44-32-50-28-26-46(44)51-47)42-16-8-14-40(30-42)38-23-19-36(20-24-38)34-11-5-2-6-12-34/h1-32H/b47-43?,48-44?,51-46?,51-47-,52-45?,52-48-. The number of benzene rings is 6. The van der Waals surface area contributed by atoms with Crippen molar-refractivity contribution in [3.05, 3.63) is 217 Å². The Morgan fingerprint density at radius 3 is 1.00 bits per heavy atom. The van der Waals surface area contributed by atoms with Crippen LogP contribution in [0.25, 0.3) is 44.5 Å². The molecule has 6 aromatic carbocycles. The first kappa shape index (κ1) is 31.0. The Morgan fingerprint density at radius 1 is 0.269 bits per heavy atom. The molecule has 2 aromatic heterocycles. The van der Waals surface area contributed by atoms with Gasteiger partial charge in [-0.1, -0.05) is 146 Å². The summed E-state index contributed by atoms with van der Waals surface area (Å²) in [7, 11) is 0. The van der Waals surface area contributed by atoms with Crippen LogP contribution in [0.3, 0.4) is 0 Å². The lowest BCUT2D eigenvalue weighted by Gasteiger charge is -2.18. The largest absolute Gasteiger partial charge is 0.264 e. The maximum absolute atomic E-state index is 5.35. The van der Waals surface area contributed by atoms with E-state index in [1.54, 1.807) is 12.4 Å². The zero-order valence-electron chi connectivity index (χ0n) is 28.3. The second kappa shape index (κ2) is 13.7. The second-order valence-electron chi connectivity index (χ2n) is 12.8. The summed E-state index contributed by atoms with van der Waals surface area (Å²) in [5.74, 6) is 0. The van der Waals surface area contributed by atoms with Crippen molar-refractivity contribution in [2.45, 2.75) is 0 Å². The maximum atomic E-state index is 5.35. The van der Waals surface area contributed by atoms with E-state index in [4.69, 9.17) is 9.98 Å². The van der Waals surface area contributed by atoms with E-state index in [1.807, 2.05) is 36.7 Å². The molecule has 0 amide bonds. The number of pyridine rings is 2. The maximum Gasteiger partial charge on any atom is 0.0819 e. The van der Waals surface area contributed by atoms with Gasteiger partial charge in [-0.25, -0.2) is 9.98 Å². The van der Waals surface area contributed by atoms with E-state index in [1.165, 1.54) is 22.3 Å². The van der Waals surface area contributed by atoms with Crippen LogP contribution in [0.4, 0.5) is 11.4 Å². The van der Waals surface area contributed by atoms with Gasteiger partial charge in [0.1, 0.15) is 0 Å². The predicted octanol–water partition coefficient (Wildman–Crippen LogP) is 11.8. The first-order chi connectivity index (χ1) is 25.8. The topological polar surface area (TPSA) is 50.5 Å². The summed E-state index contributed by atoms with van der Waals surface area (Å²) < 4.78 is 0. The molecular formula is C48H32N4. The zero-order chi connectivity index (χ0) is 34.7. The van der Waals surface area contributed by atoms with E-state index in [2.05, 4.69) is 156 Å². The average Bonchev–Trinajstić information content (AvgIpc) is 3.22. The summed E-state index contributed by atoms with van der Waals surface area (Å²) in [6, 6.07) is 59.4. The van der Waals surface area contributed by atoms with Crippen LogP contribution in [0, 0.1) is 0 Å². The van der Waals surface area contributed by atoms with Crippen LogP contribution in [-0.2, 0) is 0 Å². The fraction of sp³-hybridized carbons (Fsp3) is 0. The molecule has 9 rings (SSSR count). The molecule has 1 aliphatic rings. The molecule has 0 atom stereocenters. The van der Waals surface area contributed by atoms with E-state index in [0.717, 1.165) is 67.3 Å². The summed E-state index contributed by atoms with van der Waals surface area (Å²) in [5, 5.41) is 0. The third-order valence-electron chi connectivity index (χ3n) is 9.49. The molecule has 3 heterocycles. The van der Waals surface area contributed by atoms with Crippen LogP contribution < -0.4 is 0 Å². The Hall–Kier alpha value is -7.04. The van der Waals surface area contributed by atoms with Crippen molar-refractivity contribution in [3.63, 3.8) is 0 Å². The average molecular weight is 665 g/mol. The molecule has 0 saturated carbocycles. The Bertz CT molecular complexity index is 2400. The highest BCUT2D eigenvalue weighted by Crippen LogP contribution is 2.35. The molecule has 52 heavy (non-hydrogen) atoms. The minimum Gasteiger partial charge on any atom is -0.264 e. The first-order valence-electron chi connectivity index (χ1n) is 17.4. The fourth-order valence-electron chi connectivity index (χ4n) is 6.80. The number of aromatic nitrogens is 2. The van der Waals surface area contributed by atoms with Crippen molar-refractivity contribution in [2.75, 3.05) is 0 Å². The lowest BCUT2D eigenvalue weighted by molar-refractivity contribution is 1.26. The van der Waals surface area contributed by atoms with Crippen molar-refractivity contribution in [3.8, 4) is 44.5 Å². The van der Waals surface area contributed by atoms with Gasteiger partial charge in [-0.15, -0.1) is 0 Å². The van der Waals surface area contributed by atoms with Gasteiger partial charge < -0.3 is 0 Å². The van der Waals surface area contributed by atoms with E-state index >= 15 is 0 Å². The molecule has 0 saturated heterocycles. The first-order valence-corrected chi connectivity index (χ1v) is 17.4. The van der Waals surface area contributed by atoms with Crippen molar-refractivity contribution >= 4 is 22.8 Å². The van der Waals surface area contributed by atoms with Gasteiger partial charge in [0, 0.05) is 47.0 Å². The smallest absolute Gasteiger partial charge is 0.0819 e. The summed E-state index contributed by atoms with van der Waals surface area (Å²) >= 11 is 0. The highest BCUT2D eigenvalue weighted by molar-refractivity contribution is 6.22. The molecule has 0 N–H and O–H groups in total. The molecule has 0 radical (unpaired) electrons. The van der Waals surface area contributed by atoms with Crippen LogP contribution in [0.15, 0.2) is 205 Å². The SMILES string of the molecule is c1ccc(-c2ccc(-c3cccc(/C4=N/c5ccncc5/C(c5cccc(-c6ccc(-c7ccccc7)cc6)c5)=N\c5ccncc54)c3)cc2)cc1. The van der Waals surface area contributed by atoms with Crippen molar-refractivity contribution in [1.82, 2.24) is 9.97 Å². The van der Waals surface area contributed by atoms with E-state index in [0.29, 0.717) is 0 Å². The monoisotopic (exact) mass is 664 g/mol. The lowest BCUT2D eigenvalue weighted by atomic mass is 9.94. The quantitative estimate of drug-likeness (QED) is 0.178. The molecule has 0 bridgehead atoms. The normalized spacial score (nSPS) is 14.1. The molecule has 0 aliphatic carbocycles. The van der Waals surface area contributed by atoms with Crippen molar-refractivity contribution < 1.29 is 0 Å². The third kappa shape index (κ3) is 6.14. The van der Waals surface area contributed by atoms with Crippen LogP contribution in [-0.4, -0.2) is 21.4 Å². The summed E-state index contributed by atoms with van der Waals surface area (Å²) in [5.41, 5.74) is 16.2. The number of nitrogens with zero attached hydrogens (tertiary/aromatic N) is 4. The van der Waals surface area contributed by atoms with Crippen LogP contribution in [0.5, 0.6) is 0 Å². The molecule has 1 aliphatic heterocycles. The Balaban J connectivity index is 1.10. The van der Waals surface area contributed by atoms with Crippen molar-refractivity contribution in [1.29, 1.82) is 0 Å². The number of aliphatic imine (C=N–C) groups is 2. The molecule has 4 nitrogen and oxygen atoms in total. The van der Waals surface area contributed by atoms with Gasteiger partial charge in [-0.05, 0) is 68.8 Å². The molecule has 8 aromatic rings.